The number of primary amides is 1. The molecule has 10 heavy (non-hydrogen) atoms. The van der Waals surface area contributed by atoms with E-state index in [9.17, 15) is 4.79 Å². The van der Waals surface area contributed by atoms with Gasteiger partial charge in [0.1, 0.15) is 0 Å². The van der Waals surface area contributed by atoms with Crippen molar-refractivity contribution in [3.8, 4) is 0 Å². The van der Waals surface area contributed by atoms with Crippen LogP contribution in [0.2, 0.25) is 0 Å². The monoisotopic (exact) mass is 187 g/mol. The highest BCUT2D eigenvalue weighted by Crippen LogP contribution is 1.74. The van der Waals surface area contributed by atoms with Crippen molar-refractivity contribution in [1.29, 1.82) is 0 Å². The van der Waals surface area contributed by atoms with Crippen LogP contribution >= 0.6 is 23.2 Å². The Morgan fingerprint density at radius 3 is 2.10 bits per heavy atom. The van der Waals surface area contributed by atoms with E-state index in [4.69, 9.17) is 28.9 Å². The smallest absolute Gasteiger partial charge is 0.219 e. The highest BCUT2D eigenvalue weighted by atomic mass is 35.5. The van der Waals surface area contributed by atoms with Gasteiger partial charge in [0.25, 0.3) is 0 Å². The van der Waals surface area contributed by atoms with Crippen molar-refractivity contribution >= 4 is 29.1 Å². The molecule has 2 N–H and O–H groups in total. The Hall–Kier alpha value is 0.01000. The standard InChI is InChI=1S/C4H9NO2.CH2Cl2/c1-7-3-2-4(5)6;2-1-3/h2-3H2,1H3,(H2,5,6);1H2. The molecule has 0 rings (SSSR count). The van der Waals surface area contributed by atoms with Gasteiger partial charge in [-0.1, -0.05) is 0 Å². The second kappa shape index (κ2) is 11.8. The number of amides is 1. The third-order valence-electron chi connectivity index (χ3n) is 0.553. The molecular weight excluding hydrogens is 177 g/mol. The molecule has 0 fully saturated rings. The lowest BCUT2D eigenvalue weighted by atomic mass is 10.4. The number of carbonyl (C=O) groups is 1. The Labute approximate surface area is 70.4 Å². The summed E-state index contributed by atoms with van der Waals surface area (Å²) in [5.41, 5.74) is 4.76. The summed E-state index contributed by atoms with van der Waals surface area (Å²) in [7, 11) is 1.53. The fourth-order valence-corrected chi connectivity index (χ4v) is 0.203. The quantitative estimate of drug-likeness (QED) is 0.669. The number of halogens is 2. The molecule has 0 aliphatic rings. The summed E-state index contributed by atoms with van der Waals surface area (Å²) in [6.07, 6.45) is 0.316. The van der Waals surface area contributed by atoms with E-state index in [-0.39, 0.29) is 11.2 Å². The molecule has 0 unspecified atom stereocenters. The second-order valence-corrected chi connectivity index (χ2v) is 2.12. The van der Waals surface area contributed by atoms with Gasteiger partial charge >= 0.3 is 0 Å². The molecular formula is C5H11Cl2NO2. The molecule has 0 aliphatic heterocycles. The third kappa shape index (κ3) is 24.5. The summed E-state index contributed by atoms with van der Waals surface area (Å²) in [4.78, 5) is 9.90. The van der Waals surface area contributed by atoms with E-state index in [1.807, 2.05) is 0 Å². The molecule has 0 heterocycles. The van der Waals surface area contributed by atoms with Crippen molar-refractivity contribution in [2.75, 3.05) is 19.1 Å². The average molecular weight is 188 g/mol. The molecule has 5 heteroatoms. The minimum atomic E-state index is -0.318. The number of methoxy groups -OCH3 is 1. The lowest BCUT2D eigenvalue weighted by molar-refractivity contribution is -0.118. The molecule has 0 saturated heterocycles. The molecule has 0 aromatic heterocycles. The normalized spacial score (nSPS) is 7.90. The van der Waals surface area contributed by atoms with Crippen LogP contribution in [0, 0.1) is 0 Å². The first-order chi connectivity index (χ1) is 4.68. The molecule has 0 atom stereocenters. The molecule has 3 nitrogen and oxygen atoms in total. The minimum Gasteiger partial charge on any atom is -0.384 e. The van der Waals surface area contributed by atoms with E-state index >= 15 is 0 Å². The zero-order valence-electron chi connectivity index (χ0n) is 5.77. The first-order valence-electron chi connectivity index (χ1n) is 2.58. The lowest BCUT2D eigenvalue weighted by Gasteiger charge is -1.89. The summed E-state index contributed by atoms with van der Waals surface area (Å²) in [6, 6.07) is 0. The van der Waals surface area contributed by atoms with Gasteiger partial charge in [-0.3, -0.25) is 4.79 Å². The second-order valence-electron chi connectivity index (χ2n) is 1.31. The zero-order chi connectivity index (χ0) is 8.41. The van der Waals surface area contributed by atoms with Gasteiger partial charge in [-0.2, -0.15) is 0 Å². The highest BCUT2D eigenvalue weighted by Gasteiger charge is 1.88. The van der Waals surface area contributed by atoms with Crippen molar-refractivity contribution in [1.82, 2.24) is 0 Å². The average Bonchev–Trinajstić information content (AvgIpc) is 1.85. The van der Waals surface area contributed by atoms with Crippen LogP contribution in [0.1, 0.15) is 6.42 Å². The minimum absolute atomic E-state index is 0.194. The van der Waals surface area contributed by atoms with Gasteiger partial charge in [0.2, 0.25) is 5.91 Å². The van der Waals surface area contributed by atoms with Gasteiger partial charge in [0.15, 0.2) is 0 Å². The number of alkyl halides is 2. The number of hydrogen-bond donors (Lipinski definition) is 1. The number of nitrogens with two attached hydrogens (primary N) is 1. The van der Waals surface area contributed by atoms with E-state index in [0.717, 1.165) is 0 Å². The maximum Gasteiger partial charge on any atom is 0.219 e. The van der Waals surface area contributed by atoms with E-state index in [1.165, 1.54) is 7.11 Å². The van der Waals surface area contributed by atoms with Crippen LogP contribution in [0.25, 0.3) is 0 Å². The fraction of sp³-hybridized carbons (Fsp3) is 0.800. The van der Waals surface area contributed by atoms with Gasteiger partial charge in [0.05, 0.1) is 11.9 Å². The van der Waals surface area contributed by atoms with Crippen molar-refractivity contribution in [2.24, 2.45) is 5.73 Å². The maximum absolute atomic E-state index is 9.90. The van der Waals surface area contributed by atoms with Crippen molar-refractivity contribution < 1.29 is 9.53 Å². The van der Waals surface area contributed by atoms with E-state index in [2.05, 4.69) is 4.74 Å². The molecule has 0 saturated carbocycles. The highest BCUT2D eigenvalue weighted by molar-refractivity contribution is 6.40. The Bertz CT molecular complexity index is 80.0. The van der Waals surface area contributed by atoms with Gasteiger partial charge in [-0.05, 0) is 0 Å². The molecule has 62 valence electrons. The summed E-state index contributed by atoms with van der Waals surface area (Å²) in [5, 5.41) is 0.194. The van der Waals surface area contributed by atoms with E-state index in [1.54, 1.807) is 0 Å². The molecule has 1 amide bonds. The van der Waals surface area contributed by atoms with Crippen LogP contribution in [0.15, 0.2) is 0 Å². The van der Waals surface area contributed by atoms with E-state index in [0.29, 0.717) is 13.0 Å². The van der Waals surface area contributed by atoms with Crippen LogP contribution in [-0.2, 0) is 9.53 Å². The zero-order valence-corrected chi connectivity index (χ0v) is 7.28. The Morgan fingerprint density at radius 2 is 2.00 bits per heavy atom. The summed E-state index contributed by atoms with van der Waals surface area (Å²) < 4.78 is 4.55. The predicted octanol–water partition coefficient (Wildman–Crippen LogP) is 0.930. The van der Waals surface area contributed by atoms with Crippen molar-refractivity contribution in [3.05, 3.63) is 0 Å². The van der Waals surface area contributed by atoms with Crippen molar-refractivity contribution in [2.45, 2.75) is 6.42 Å². The molecule has 0 bridgehead atoms. The molecule has 0 aromatic carbocycles. The summed E-state index contributed by atoms with van der Waals surface area (Å²) >= 11 is 9.53. The molecule has 0 radical (unpaired) electrons. The molecule has 0 aliphatic carbocycles. The lowest BCUT2D eigenvalue weighted by Crippen LogP contribution is -2.12. The van der Waals surface area contributed by atoms with Gasteiger partial charge in [0, 0.05) is 13.5 Å². The summed E-state index contributed by atoms with van der Waals surface area (Å²) in [6.45, 7) is 0.426. The van der Waals surface area contributed by atoms with Crippen molar-refractivity contribution in [3.63, 3.8) is 0 Å². The molecule has 0 aromatic rings. The Balaban J connectivity index is 0. The van der Waals surface area contributed by atoms with Gasteiger partial charge in [-0.15, -0.1) is 23.2 Å². The topological polar surface area (TPSA) is 52.3 Å². The Kier molecular flexibility index (Phi) is 14.9. The predicted molar refractivity (Wildman–Crippen MR) is 42.3 cm³/mol. The van der Waals surface area contributed by atoms with Crippen LogP contribution < -0.4 is 5.73 Å². The van der Waals surface area contributed by atoms with Gasteiger partial charge < -0.3 is 10.5 Å². The van der Waals surface area contributed by atoms with Crippen LogP contribution in [0.4, 0.5) is 0 Å². The summed E-state index contributed by atoms with van der Waals surface area (Å²) in [5.74, 6) is -0.318. The van der Waals surface area contributed by atoms with Crippen LogP contribution in [0.3, 0.4) is 0 Å². The number of carbonyl (C=O) groups excluding carboxylic acids is 1. The van der Waals surface area contributed by atoms with Crippen LogP contribution in [-0.4, -0.2) is 25.0 Å². The first kappa shape index (κ1) is 12.7. The maximum atomic E-state index is 9.90. The molecule has 0 spiro atoms. The number of ether oxygens (including phenoxy) is 1. The fourth-order valence-electron chi connectivity index (χ4n) is 0.203. The van der Waals surface area contributed by atoms with E-state index < -0.39 is 0 Å². The number of rotatable bonds is 3. The van der Waals surface area contributed by atoms with Gasteiger partial charge in [-0.25, -0.2) is 0 Å². The van der Waals surface area contributed by atoms with Crippen LogP contribution in [0.5, 0.6) is 0 Å². The first-order valence-corrected chi connectivity index (χ1v) is 3.65. The SMILES string of the molecule is COCCC(N)=O.ClCCl. The third-order valence-corrected chi connectivity index (χ3v) is 0.553. The largest absolute Gasteiger partial charge is 0.384 e. The number of hydrogen-bond acceptors (Lipinski definition) is 2. The Morgan fingerprint density at radius 1 is 1.60 bits per heavy atom.